The first kappa shape index (κ1) is 11.5. The van der Waals surface area contributed by atoms with Gasteiger partial charge in [0.1, 0.15) is 5.69 Å². The number of H-pyrrole nitrogens is 1. The molecule has 6 N–H and O–H groups in total. The van der Waals surface area contributed by atoms with Gasteiger partial charge in [0.15, 0.2) is 0 Å². The van der Waals surface area contributed by atoms with Crippen molar-refractivity contribution in [2.45, 2.75) is 0 Å². The fourth-order valence-corrected chi connectivity index (χ4v) is 1.33. The van der Waals surface area contributed by atoms with E-state index in [0.29, 0.717) is 5.69 Å². The lowest BCUT2D eigenvalue weighted by molar-refractivity contribution is 0.0952. The van der Waals surface area contributed by atoms with Crippen LogP contribution in [-0.4, -0.2) is 31.6 Å². The third kappa shape index (κ3) is 4.00. The van der Waals surface area contributed by atoms with E-state index in [1.54, 1.807) is 0 Å². The van der Waals surface area contributed by atoms with E-state index in [-0.39, 0.29) is 18.0 Å². The van der Waals surface area contributed by atoms with Crippen LogP contribution in [0.25, 0.3) is 0 Å². The zero-order valence-corrected chi connectivity index (χ0v) is 8.67. The van der Waals surface area contributed by atoms with Crippen molar-refractivity contribution < 1.29 is 13.2 Å². The van der Waals surface area contributed by atoms with Gasteiger partial charge in [-0.05, 0) is 6.07 Å². The average molecular weight is 232 g/mol. The van der Waals surface area contributed by atoms with E-state index in [0.717, 1.165) is 0 Å². The summed E-state index contributed by atoms with van der Waals surface area (Å²) < 4.78 is 21.1. The normalized spacial score (nSPS) is 11.3. The van der Waals surface area contributed by atoms with Crippen LogP contribution in [0.2, 0.25) is 0 Å². The second-order valence-corrected chi connectivity index (χ2v) is 4.70. The summed E-state index contributed by atoms with van der Waals surface area (Å²) >= 11 is 0. The molecule has 1 aromatic heterocycles. The molecule has 7 nitrogen and oxygen atoms in total. The molecule has 0 aliphatic rings. The zero-order chi connectivity index (χ0) is 11.5. The number of aromatic nitrogens is 1. The molecule has 1 amide bonds. The molecule has 1 aromatic rings. The van der Waals surface area contributed by atoms with Crippen LogP contribution < -0.4 is 16.2 Å². The number of rotatable bonds is 4. The highest BCUT2D eigenvalue weighted by molar-refractivity contribution is 7.89. The first-order chi connectivity index (χ1) is 6.88. The predicted octanol–water partition coefficient (Wildman–Crippen LogP) is -1.38. The molecule has 8 heteroatoms. The number of primary sulfonamides is 1. The number of nitrogens with one attached hydrogen (secondary N) is 2. The van der Waals surface area contributed by atoms with E-state index < -0.39 is 15.9 Å². The Kier molecular flexibility index (Phi) is 3.32. The lowest BCUT2D eigenvalue weighted by Gasteiger charge is -2.01. The van der Waals surface area contributed by atoms with Gasteiger partial charge in [-0.15, -0.1) is 0 Å². The molecule has 0 fully saturated rings. The quantitative estimate of drug-likeness (QED) is 0.509. The summed E-state index contributed by atoms with van der Waals surface area (Å²) in [5.41, 5.74) is 6.10. The van der Waals surface area contributed by atoms with Crippen molar-refractivity contribution in [3.8, 4) is 0 Å². The van der Waals surface area contributed by atoms with Crippen LogP contribution in [0.15, 0.2) is 12.3 Å². The molecular weight excluding hydrogens is 220 g/mol. The van der Waals surface area contributed by atoms with Gasteiger partial charge in [-0.2, -0.15) is 0 Å². The average Bonchev–Trinajstić information content (AvgIpc) is 2.49. The summed E-state index contributed by atoms with van der Waals surface area (Å²) in [7, 11) is -3.55. The molecule has 0 bridgehead atoms. The van der Waals surface area contributed by atoms with Crippen molar-refractivity contribution in [1.29, 1.82) is 0 Å². The summed E-state index contributed by atoms with van der Waals surface area (Å²) in [4.78, 5) is 13.9. The number of sulfonamides is 1. The molecular formula is C7H12N4O3S. The number of anilines is 1. The minimum Gasteiger partial charge on any atom is -0.397 e. The lowest BCUT2D eigenvalue weighted by Crippen LogP contribution is -2.31. The SMILES string of the molecule is Nc1c[nH]c(C(=O)NCCS(N)(=O)=O)c1. The van der Waals surface area contributed by atoms with Gasteiger partial charge < -0.3 is 16.0 Å². The fourth-order valence-electron chi connectivity index (χ4n) is 0.944. The minimum absolute atomic E-state index is 0.0312. The van der Waals surface area contributed by atoms with E-state index in [2.05, 4.69) is 10.3 Å². The maximum atomic E-state index is 11.3. The second kappa shape index (κ2) is 4.32. The highest BCUT2D eigenvalue weighted by Crippen LogP contribution is 2.03. The Labute approximate surface area is 86.9 Å². The minimum atomic E-state index is -3.55. The van der Waals surface area contributed by atoms with Gasteiger partial charge in [-0.3, -0.25) is 4.79 Å². The predicted molar refractivity (Wildman–Crippen MR) is 55.5 cm³/mol. The van der Waals surface area contributed by atoms with Gasteiger partial charge in [0.25, 0.3) is 5.91 Å². The van der Waals surface area contributed by atoms with E-state index in [9.17, 15) is 13.2 Å². The standard InChI is InChI=1S/C7H12N4O3S/c8-5-3-6(11-4-5)7(12)10-1-2-15(9,13)14/h3-4,11H,1-2,8H2,(H,10,12)(H2,9,13,14). The summed E-state index contributed by atoms with van der Waals surface area (Å²) in [6.45, 7) is -0.0312. The van der Waals surface area contributed by atoms with Crippen LogP contribution in [0.1, 0.15) is 10.5 Å². The molecule has 0 atom stereocenters. The number of nitrogens with two attached hydrogens (primary N) is 2. The summed E-state index contributed by atoms with van der Waals surface area (Å²) in [6, 6.07) is 1.45. The van der Waals surface area contributed by atoms with E-state index >= 15 is 0 Å². The van der Waals surface area contributed by atoms with Crippen LogP contribution in [0, 0.1) is 0 Å². The maximum Gasteiger partial charge on any atom is 0.267 e. The summed E-state index contributed by atoms with van der Waals surface area (Å²) in [6.07, 6.45) is 1.47. The smallest absolute Gasteiger partial charge is 0.267 e. The Hall–Kier alpha value is -1.54. The number of carbonyl (C=O) groups is 1. The Morgan fingerprint density at radius 3 is 2.67 bits per heavy atom. The lowest BCUT2D eigenvalue weighted by atomic mass is 10.4. The summed E-state index contributed by atoms with van der Waals surface area (Å²) in [5.74, 6) is -0.718. The molecule has 15 heavy (non-hydrogen) atoms. The van der Waals surface area contributed by atoms with Crippen LogP contribution in [0.3, 0.4) is 0 Å². The van der Waals surface area contributed by atoms with Crippen LogP contribution in [0.5, 0.6) is 0 Å². The number of nitrogen functional groups attached to an aromatic ring is 1. The summed E-state index contributed by atoms with van der Waals surface area (Å²) in [5, 5.41) is 7.14. The third-order valence-electron chi connectivity index (χ3n) is 1.62. The van der Waals surface area contributed by atoms with Crippen LogP contribution >= 0.6 is 0 Å². The number of hydrogen-bond acceptors (Lipinski definition) is 4. The van der Waals surface area contributed by atoms with Gasteiger partial charge in [0, 0.05) is 18.4 Å². The molecule has 0 unspecified atom stereocenters. The van der Waals surface area contributed by atoms with Crippen molar-refractivity contribution >= 4 is 21.6 Å². The number of aromatic amines is 1. The first-order valence-electron chi connectivity index (χ1n) is 4.11. The van der Waals surface area contributed by atoms with Crippen molar-refractivity contribution in [2.24, 2.45) is 5.14 Å². The van der Waals surface area contributed by atoms with Crippen molar-refractivity contribution in [3.63, 3.8) is 0 Å². The van der Waals surface area contributed by atoms with Gasteiger partial charge in [0.05, 0.1) is 5.75 Å². The Balaban J connectivity index is 2.44. The zero-order valence-electron chi connectivity index (χ0n) is 7.86. The van der Waals surface area contributed by atoms with E-state index in [1.807, 2.05) is 0 Å². The Morgan fingerprint density at radius 2 is 2.20 bits per heavy atom. The third-order valence-corrected chi connectivity index (χ3v) is 2.40. The molecule has 84 valence electrons. The van der Waals surface area contributed by atoms with Crippen molar-refractivity contribution in [1.82, 2.24) is 10.3 Å². The number of hydrogen-bond donors (Lipinski definition) is 4. The van der Waals surface area contributed by atoms with Crippen LogP contribution in [-0.2, 0) is 10.0 Å². The molecule has 0 aliphatic carbocycles. The van der Waals surface area contributed by atoms with E-state index in [4.69, 9.17) is 10.9 Å². The molecule has 0 spiro atoms. The van der Waals surface area contributed by atoms with Gasteiger partial charge in [-0.1, -0.05) is 0 Å². The molecule has 0 aliphatic heterocycles. The maximum absolute atomic E-state index is 11.3. The molecule has 1 heterocycles. The second-order valence-electron chi connectivity index (χ2n) is 2.97. The molecule has 1 rings (SSSR count). The monoisotopic (exact) mass is 232 g/mol. The topological polar surface area (TPSA) is 131 Å². The molecule has 0 aromatic carbocycles. The highest BCUT2D eigenvalue weighted by Gasteiger charge is 2.08. The van der Waals surface area contributed by atoms with E-state index in [1.165, 1.54) is 12.3 Å². The molecule has 0 radical (unpaired) electrons. The largest absolute Gasteiger partial charge is 0.397 e. The number of amides is 1. The highest BCUT2D eigenvalue weighted by atomic mass is 32.2. The van der Waals surface area contributed by atoms with Gasteiger partial charge in [-0.25, -0.2) is 13.6 Å². The van der Waals surface area contributed by atoms with Crippen molar-refractivity contribution in [2.75, 3.05) is 18.0 Å². The van der Waals surface area contributed by atoms with Gasteiger partial charge >= 0.3 is 0 Å². The fraction of sp³-hybridized carbons (Fsp3) is 0.286. The molecule has 0 saturated carbocycles. The van der Waals surface area contributed by atoms with Crippen LogP contribution in [0.4, 0.5) is 5.69 Å². The van der Waals surface area contributed by atoms with Crippen molar-refractivity contribution in [3.05, 3.63) is 18.0 Å². The molecule has 0 saturated heterocycles. The number of carbonyl (C=O) groups excluding carboxylic acids is 1. The first-order valence-corrected chi connectivity index (χ1v) is 5.82. The Bertz CT molecular complexity index is 451. The Morgan fingerprint density at radius 1 is 1.53 bits per heavy atom. The van der Waals surface area contributed by atoms with Gasteiger partial charge in [0.2, 0.25) is 10.0 Å².